The summed E-state index contributed by atoms with van der Waals surface area (Å²) >= 11 is 0. The second-order valence-electron chi connectivity index (χ2n) is 9.27. The topological polar surface area (TPSA) is 71.3 Å². The van der Waals surface area contributed by atoms with E-state index in [2.05, 4.69) is 9.55 Å². The molecule has 0 radical (unpaired) electrons. The van der Waals surface area contributed by atoms with Crippen molar-refractivity contribution < 1.29 is 9.59 Å². The van der Waals surface area contributed by atoms with Crippen molar-refractivity contribution in [1.82, 2.24) is 24.3 Å². The second-order valence-corrected chi connectivity index (χ2v) is 9.27. The fourth-order valence-electron chi connectivity index (χ4n) is 5.34. The molecule has 7 nitrogen and oxygen atoms in total. The van der Waals surface area contributed by atoms with Crippen LogP contribution in [0.25, 0.3) is 10.9 Å². The largest absolute Gasteiger partial charge is 0.347 e. The van der Waals surface area contributed by atoms with E-state index < -0.39 is 0 Å². The molecule has 0 N–H and O–H groups in total. The van der Waals surface area contributed by atoms with Crippen molar-refractivity contribution in [1.29, 1.82) is 0 Å². The Morgan fingerprint density at radius 2 is 1.73 bits per heavy atom. The third-order valence-corrected chi connectivity index (χ3v) is 7.30. The van der Waals surface area contributed by atoms with Crippen LogP contribution in [-0.2, 0) is 7.05 Å². The number of benzene rings is 1. The molecule has 2 fully saturated rings. The summed E-state index contributed by atoms with van der Waals surface area (Å²) in [7, 11) is 2.00. The van der Waals surface area contributed by atoms with Gasteiger partial charge in [0.25, 0.3) is 11.8 Å². The zero-order chi connectivity index (χ0) is 23.1. The number of hydrogen-bond donors (Lipinski definition) is 0. The predicted molar refractivity (Wildman–Crippen MR) is 127 cm³/mol. The van der Waals surface area contributed by atoms with Crippen LogP contribution in [0.15, 0.2) is 30.5 Å². The maximum Gasteiger partial charge on any atom is 0.257 e. The van der Waals surface area contributed by atoms with E-state index >= 15 is 0 Å². The highest BCUT2D eigenvalue weighted by atomic mass is 16.2. The van der Waals surface area contributed by atoms with Crippen LogP contribution in [0.1, 0.15) is 76.1 Å². The molecular formula is C26H31N5O2. The van der Waals surface area contributed by atoms with Gasteiger partial charge in [-0.05, 0) is 52.0 Å². The van der Waals surface area contributed by atoms with E-state index in [1.807, 2.05) is 55.0 Å². The maximum absolute atomic E-state index is 13.7. The lowest BCUT2D eigenvalue weighted by Gasteiger charge is -2.27. The molecule has 0 spiro atoms. The van der Waals surface area contributed by atoms with Crippen molar-refractivity contribution in [3.05, 3.63) is 58.8 Å². The summed E-state index contributed by atoms with van der Waals surface area (Å²) in [5, 5.41) is 0.979. The molecule has 7 heteroatoms. The highest BCUT2D eigenvalue weighted by molar-refractivity contribution is 6.08. The van der Waals surface area contributed by atoms with Gasteiger partial charge in [0, 0.05) is 49.5 Å². The van der Waals surface area contributed by atoms with Crippen LogP contribution in [-0.4, -0.2) is 55.8 Å². The summed E-state index contributed by atoms with van der Waals surface area (Å²) < 4.78 is 2.08. The normalized spacial score (nSPS) is 18.8. The van der Waals surface area contributed by atoms with Crippen LogP contribution in [0.3, 0.4) is 0 Å². The SMILES string of the molecule is Cc1nc([C@@H]2CCCN2C(=O)c2c(C)n(C)c3ccccc23)ncc1C(=O)N1CCCCC1. The first-order valence-corrected chi connectivity index (χ1v) is 11.9. The summed E-state index contributed by atoms with van der Waals surface area (Å²) in [6.07, 6.45) is 6.69. The number of fused-ring (bicyclic) bond motifs is 1. The van der Waals surface area contributed by atoms with Crippen molar-refractivity contribution in [3.8, 4) is 0 Å². The molecule has 2 aromatic heterocycles. The minimum atomic E-state index is -0.172. The molecule has 33 heavy (non-hydrogen) atoms. The third-order valence-electron chi connectivity index (χ3n) is 7.30. The van der Waals surface area contributed by atoms with E-state index in [0.717, 1.165) is 60.9 Å². The minimum Gasteiger partial charge on any atom is -0.347 e. The number of aromatic nitrogens is 3. The van der Waals surface area contributed by atoms with Gasteiger partial charge in [-0.25, -0.2) is 9.97 Å². The lowest BCUT2D eigenvalue weighted by molar-refractivity contribution is 0.0712. The quantitative estimate of drug-likeness (QED) is 0.606. The fourth-order valence-corrected chi connectivity index (χ4v) is 5.34. The van der Waals surface area contributed by atoms with Gasteiger partial charge in [-0.3, -0.25) is 9.59 Å². The number of hydrogen-bond acceptors (Lipinski definition) is 4. The van der Waals surface area contributed by atoms with Crippen LogP contribution in [0, 0.1) is 13.8 Å². The van der Waals surface area contributed by atoms with E-state index in [1.54, 1.807) is 6.20 Å². The number of rotatable bonds is 3. The Bertz CT molecular complexity index is 1220. The van der Waals surface area contributed by atoms with Crippen LogP contribution in [0.2, 0.25) is 0 Å². The molecule has 0 saturated carbocycles. The number of carbonyl (C=O) groups is 2. The molecule has 0 unspecified atom stereocenters. The first-order chi connectivity index (χ1) is 16.0. The molecule has 2 amide bonds. The van der Waals surface area contributed by atoms with Gasteiger partial charge in [0.2, 0.25) is 0 Å². The Kier molecular flexibility index (Phi) is 5.64. The van der Waals surface area contributed by atoms with Crippen molar-refractivity contribution in [2.24, 2.45) is 7.05 Å². The summed E-state index contributed by atoms with van der Waals surface area (Å²) in [6.45, 7) is 6.16. The summed E-state index contributed by atoms with van der Waals surface area (Å²) in [5.74, 6) is 0.678. The van der Waals surface area contributed by atoms with Crippen LogP contribution in [0.5, 0.6) is 0 Å². The average molecular weight is 446 g/mol. The zero-order valence-electron chi connectivity index (χ0n) is 19.7. The van der Waals surface area contributed by atoms with Crippen molar-refractivity contribution in [2.45, 2.75) is 52.0 Å². The van der Waals surface area contributed by atoms with Gasteiger partial charge in [0.05, 0.1) is 22.9 Å². The van der Waals surface area contributed by atoms with E-state index in [-0.39, 0.29) is 17.9 Å². The highest BCUT2D eigenvalue weighted by Crippen LogP contribution is 2.34. The standard InChI is InChI=1S/C26H31N5O2/c1-17-20(25(32)30-13-7-4-8-14-30)16-27-24(28-17)22-12-9-15-31(22)26(33)23-18(2)29(3)21-11-6-5-10-19(21)23/h5-6,10-11,16,22H,4,7-9,12-15H2,1-3H3/t22-/m0/s1. The van der Waals surface area contributed by atoms with E-state index in [4.69, 9.17) is 4.98 Å². The first-order valence-electron chi connectivity index (χ1n) is 11.9. The Morgan fingerprint density at radius 3 is 2.48 bits per heavy atom. The molecule has 0 aliphatic carbocycles. The summed E-state index contributed by atoms with van der Waals surface area (Å²) in [6, 6.07) is 7.87. The van der Waals surface area contributed by atoms with Gasteiger partial charge in [-0.1, -0.05) is 18.2 Å². The van der Waals surface area contributed by atoms with Gasteiger partial charge in [-0.15, -0.1) is 0 Å². The molecule has 2 aliphatic rings. The molecule has 3 aromatic rings. The highest BCUT2D eigenvalue weighted by Gasteiger charge is 2.35. The Balaban J connectivity index is 1.43. The number of carbonyl (C=O) groups excluding carboxylic acids is 2. The van der Waals surface area contributed by atoms with E-state index in [0.29, 0.717) is 23.6 Å². The maximum atomic E-state index is 13.7. The Hall–Kier alpha value is -3.22. The van der Waals surface area contributed by atoms with Crippen LogP contribution in [0.4, 0.5) is 0 Å². The number of amides is 2. The number of nitrogens with zero attached hydrogens (tertiary/aromatic N) is 5. The minimum absolute atomic E-state index is 0.0180. The number of likely N-dealkylation sites (tertiary alicyclic amines) is 2. The van der Waals surface area contributed by atoms with Gasteiger partial charge < -0.3 is 14.4 Å². The van der Waals surface area contributed by atoms with Gasteiger partial charge in [0.15, 0.2) is 5.82 Å². The molecular weight excluding hydrogens is 414 g/mol. The monoisotopic (exact) mass is 445 g/mol. The molecule has 5 rings (SSSR count). The average Bonchev–Trinajstić information content (AvgIpc) is 3.43. The molecule has 1 atom stereocenters. The molecule has 4 heterocycles. The Labute approximate surface area is 194 Å². The number of para-hydroxylation sites is 1. The van der Waals surface area contributed by atoms with E-state index in [9.17, 15) is 9.59 Å². The van der Waals surface area contributed by atoms with E-state index in [1.165, 1.54) is 6.42 Å². The number of aryl methyl sites for hydroxylation is 2. The van der Waals surface area contributed by atoms with Gasteiger partial charge >= 0.3 is 0 Å². The molecule has 2 aliphatic heterocycles. The molecule has 1 aromatic carbocycles. The van der Waals surface area contributed by atoms with Crippen LogP contribution >= 0.6 is 0 Å². The first kappa shape index (κ1) is 21.6. The lowest BCUT2D eigenvalue weighted by Crippen LogP contribution is -2.36. The summed E-state index contributed by atoms with van der Waals surface area (Å²) in [4.78, 5) is 39.8. The van der Waals surface area contributed by atoms with Crippen molar-refractivity contribution in [3.63, 3.8) is 0 Å². The van der Waals surface area contributed by atoms with Crippen molar-refractivity contribution >= 4 is 22.7 Å². The molecule has 2 saturated heterocycles. The van der Waals surface area contributed by atoms with Crippen molar-refractivity contribution in [2.75, 3.05) is 19.6 Å². The van der Waals surface area contributed by atoms with Gasteiger partial charge in [0.1, 0.15) is 0 Å². The molecule has 0 bridgehead atoms. The smallest absolute Gasteiger partial charge is 0.257 e. The Morgan fingerprint density at radius 1 is 0.970 bits per heavy atom. The second kappa shape index (κ2) is 8.61. The summed E-state index contributed by atoms with van der Waals surface area (Å²) in [5.41, 5.74) is 4.04. The predicted octanol–water partition coefficient (Wildman–Crippen LogP) is 4.19. The fraction of sp³-hybridized carbons (Fsp3) is 0.462. The molecule has 172 valence electrons. The van der Waals surface area contributed by atoms with Gasteiger partial charge in [-0.2, -0.15) is 0 Å². The van der Waals surface area contributed by atoms with Crippen LogP contribution < -0.4 is 0 Å². The lowest BCUT2D eigenvalue weighted by atomic mass is 10.1. The number of piperidine rings is 1. The third kappa shape index (κ3) is 3.69. The zero-order valence-corrected chi connectivity index (χ0v) is 19.7.